The predicted molar refractivity (Wildman–Crippen MR) is 75.9 cm³/mol. The Morgan fingerprint density at radius 1 is 1.11 bits per heavy atom. The van der Waals surface area contributed by atoms with Crippen molar-refractivity contribution in [2.24, 2.45) is 0 Å². The number of likely N-dealkylation sites (tertiary alicyclic amines) is 1. The molecule has 0 spiro atoms. The summed E-state index contributed by atoms with van der Waals surface area (Å²) in [5.41, 5.74) is 0. The Morgan fingerprint density at radius 2 is 2.00 bits per heavy atom. The van der Waals surface area contributed by atoms with Crippen LogP contribution < -0.4 is 5.32 Å². The second kappa shape index (κ2) is 5.89. The minimum Gasteiger partial charge on any atom is -0.314 e. The molecule has 3 nitrogen and oxygen atoms in total. The molecular weight excluding hydrogens is 222 g/mol. The lowest BCUT2D eigenvalue weighted by Gasteiger charge is -2.26. The minimum atomic E-state index is 0.830. The van der Waals surface area contributed by atoms with E-state index in [2.05, 4.69) is 22.2 Å². The number of nitrogens with zero attached hydrogens (tertiary/aromatic N) is 2. The highest BCUT2D eigenvalue weighted by atomic mass is 15.3. The average Bonchev–Trinajstić information content (AvgIpc) is 2.92. The molecule has 2 bridgehead atoms. The zero-order chi connectivity index (χ0) is 12.4. The number of nitrogens with one attached hydrogen (secondary N) is 1. The smallest absolute Gasteiger partial charge is 0.0223 e. The zero-order valence-corrected chi connectivity index (χ0v) is 11.9. The molecule has 3 rings (SSSR count). The van der Waals surface area contributed by atoms with Crippen LogP contribution in [0.25, 0.3) is 0 Å². The van der Waals surface area contributed by atoms with Crippen molar-refractivity contribution in [2.45, 2.75) is 63.1 Å². The van der Waals surface area contributed by atoms with Crippen LogP contribution in [0.4, 0.5) is 0 Å². The summed E-state index contributed by atoms with van der Waals surface area (Å²) in [4.78, 5) is 5.38. The summed E-state index contributed by atoms with van der Waals surface area (Å²) < 4.78 is 0. The largest absolute Gasteiger partial charge is 0.314 e. The summed E-state index contributed by atoms with van der Waals surface area (Å²) in [7, 11) is 2.34. The highest BCUT2D eigenvalue weighted by Gasteiger charge is 2.34. The molecule has 0 saturated carbocycles. The summed E-state index contributed by atoms with van der Waals surface area (Å²) in [5, 5.41) is 3.61. The van der Waals surface area contributed by atoms with E-state index in [0.29, 0.717) is 0 Å². The highest BCUT2D eigenvalue weighted by molar-refractivity contribution is 4.91. The third kappa shape index (κ3) is 2.89. The maximum Gasteiger partial charge on any atom is 0.0223 e. The second-order valence-corrected chi connectivity index (χ2v) is 6.58. The van der Waals surface area contributed by atoms with Crippen LogP contribution in [0.1, 0.15) is 44.9 Å². The van der Waals surface area contributed by atoms with Gasteiger partial charge in [0.1, 0.15) is 0 Å². The molecule has 0 aromatic heterocycles. The van der Waals surface area contributed by atoms with Gasteiger partial charge < -0.3 is 10.2 Å². The maximum absolute atomic E-state index is 3.61. The lowest BCUT2D eigenvalue weighted by Crippen LogP contribution is -2.37. The van der Waals surface area contributed by atoms with Crippen molar-refractivity contribution in [3.8, 4) is 0 Å². The summed E-state index contributed by atoms with van der Waals surface area (Å²) in [6.45, 7) is 5.24. The molecule has 0 radical (unpaired) electrons. The van der Waals surface area contributed by atoms with Crippen LogP contribution in [0.3, 0.4) is 0 Å². The van der Waals surface area contributed by atoms with E-state index >= 15 is 0 Å². The summed E-state index contributed by atoms with van der Waals surface area (Å²) in [6, 6.07) is 2.56. The number of likely N-dealkylation sites (N-methyl/N-ethyl adjacent to an activating group) is 1. The molecule has 3 atom stereocenters. The molecule has 0 aromatic rings. The van der Waals surface area contributed by atoms with Gasteiger partial charge in [-0.15, -0.1) is 0 Å². The van der Waals surface area contributed by atoms with Crippen LogP contribution in [0, 0.1) is 0 Å². The van der Waals surface area contributed by atoms with Gasteiger partial charge in [-0.25, -0.2) is 0 Å². The molecule has 18 heavy (non-hydrogen) atoms. The molecule has 104 valence electrons. The van der Waals surface area contributed by atoms with Gasteiger partial charge in [-0.1, -0.05) is 0 Å². The second-order valence-electron chi connectivity index (χ2n) is 6.58. The standard InChI is InChI=1S/C15H29N3/c1-17-14-6-7-15(17)12-18(11-8-14)10-3-5-13-4-2-9-16-13/h13-16H,2-12H2,1H3. The van der Waals surface area contributed by atoms with E-state index in [1.165, 1.54) is 71.1 Å². The Morgan fingerprint density at radius 3 is 2.83 bits per heavy atom. The minimum absolute atomic E-state index is 0.830. The van der Waals surface area contributed by atoms with Crippen LogP contribution in [0.5, 0.6) is 0 Å². The molecular formula is C15H29N3. The number of hydrogen-bond donors (Lipinski definition) is 1. The summed E-state index contributed by atoms with van der Waals surface area (Å²) in [6.07, 6.45) is 9.85. The maximum atomic E-state index is 3.61. The Bertz CT molecular complexity index is 262. The number of hydrogen-bond acceptors (Lipinski definition) is 3. The molecule has 0 aromatic carbocycles. The SMILES string of the molecule is CN1C2CCC1CN(CCCC1CCCN1)CC2. The first kappa shape index (κ1) is 12.9. The van der Waals surface area contributed by atoms with Crippen molar-refractivity contribution >= 4 is 0 Å². The summed E-state index contributed by atoms with van der Waals surface area (Å²) >= 11 is 0. The van der Waals surface area contributed by atoms with Gasteiger partial charge in [0.05, 0.1) is 0 Å². The van der Waals surface area contributed by atoms with Crippen molar-refractivity contribution in [2.75, 3.05) is 33.2 Å². The Labute approximate surface area is 112 Å². The van der Waals surface area contributed by atoms with Gasteiger partial charge in [0, 0.05) is 24.7 Å². The monoisotopic (exact) mass is 251 g/mol. The molecule has 0 aliphatic carbocycles. The molecule has 3 unspecified atom stereocenters. The van der Waals surface area contributed by atoms with Gasteiger partial charge in [0.25, 0.3) is 0 Å². The van der Waals surface area contributed by atoms with Gasteiger partial charge in [-0.05, 0) is 71.6 Å². The van der Waals surface area contributed by atoms with E-state index in [0.717, 1.165) is 18.1 Å². The Kier molecular flexibility index (Phi) is 4.22. The molecule has 3 saturated heterocycles. The topological polar surface area (TPSA) is 18.5 Å². The average molecular weight is 251 g/mol. The molecule has 3 aliphatic rings. The highest BCUT2D eigenvalue weighted by Crippen LogP contribution is 2.28. The van der Waals surface area contributed by atoms with Crippen LogP contribution >= 0.6 is 0 Å². The van der Waals surface area contributed by atoms with Gasteiger partial charge in [0.15, 0.2) is 0 Å². The van der Waals surface area contributed by atoms with Crippen molar-refractivity contribution in [1.82, 2.24) is 15.1 Å². The Hall–Kier alpha value is -0.120. The van der Waals surface area contributed by atoms with Gasteiger partial charge in [0.2, 0.25) is 0 Å². The molecule has 3 aliphatic heterocycles. The molecule has 3 fully saturated rings. The molecule has 1 N–H and O–H groups in total. The fourth-order valence-corrected chi connectivity index (χ4v) is 4.15. The van der Waals surface area contributed by atoms with Gasteiger partial charge in [-0.3, -0.25) is 4.90 Å². The molecule has 0 amide bonds. The fraction of sp³-hybridized carbons (Fsp3) is 1.00. The van der Waals surface area contributed by atoms with E-state index in [9.17, 15) is 0 Å². The van der Waals surface area contributed by atoms with Gasteiger partial charge in [-0.2, -0.15) is 0 Å². The van der Waals surface area contributed by atoms with E-state index in [1.54, 1.807) is 0 Å². The van der Waals surface area contributed by atoms with Crippen LogP contribution in [-0.2, 0) is 0 Å². The third-order valence-electron chi connectivity index (χ3n) is 5.42. The van der Waals surface area contributed by atoms with Gasteiger partial charge >= 0.3 is 0 Å². The molecule has 3 heteroatoms. The van der Waals surface area contributed by atoms with Crippen LogP contribution in [-0.4, -0.2) is 61.2 Å². The lowest BCUT2D eigenvalue weighted by atomic mass is 10.1. The van der Waals surface area contributed by atoms with Crippen molar-refractivity contribution < 1.29 is 0 Å². The van der Waals surface area contributed by atoms with Crippen molar-refractivity contribution in [3.63, 3.8) is 0 Å². The Balaban J connectivity index is 1.40. The van der Waals surface area contributed by atoms with Crippen LogP contribution in [0.15, 0.2) is 0 Å². The van der Waals surface area contributed by atoms with Crippen molar-refractivity contribution in [3.05, 3.63) is 0 Å². The van der Waals surface area contributed by atoms with E-state index < -0.39 is 0 Å². The first-order valence-corrected chi connectivity index (χ1v) is 8.00. The first-order valence-electron chi connectivity index (χ1n) is 8.00. The lowest BCUT2D eigenvalue weighted by molar-refractivity contribution is 0.215. The first-order chi connectivity index (χ1) is 8.83. The molecule has 3 heterocycles. The number of rotatable bonds is 4. The van der Waals surface area contributed by atoms with Crippen LogP contribution in [0.2, 0.25) is 0 Å². The van der Waals surface area contributed by atoms with E-state index in [1.807, 2.05) is 0 Å². The fourth-order valence-electron chi connectivity index (χ4n) is 4.15. The van der Waals surface area contributed by atoms with E-state index in [-0.39, 0.29) is 0 Å². The number of fused-ring (bicyclic) bond motifs is 2. The zero-order valence-electron chi connectivity index (χ0n) is 11.9. The van der Waals surface area contributed by atoms with E-state index in [4.69, 9.17) is 0 Å². The normalized spacial score (nSPS) is 38.2. The predicted octanol–water partition coefficient (Wildman–Crippen LogP) is 1.69. The van der Waals surface area contributed by atoms with Crippen molar-refractivity contribution in [1.29, 1.82) is 0 Å². The third-order valence-corrected chi connectivity index (χ3v) is 5.42. The quantitative estimate of drug-likeness (QED) is 0.820. The summed E-state index contributed by atoms with van der Waals surface area (Å²) in [5.74, 6) is 0.